The Morgan fingerprint density at radius 2 is 2.12 bits per heavy atom. The lowest BCUT2D eigenvalue weighted by Gasteiger charge is -2.23. The van der Waals surface area contributed by atoms with Crippen LogP contribution in [0.2, 0.25) is 0 Å². The third-order valence-corrected chi connectivity index (χ3v) is 4.53. The molecule has 0 saturated heterocycles. The van der Waals surface area contributed by atoms with E-state index < -0.39 is 0 Å². The first-order valence-electron chi connectivity index (χ1n) is 6.52. The molecule has 0 aromatic heterocycles. The monoisotopic (exact) mass is 246 g/mol. The predicted molar refractivity (Wildman–Crippen MR) is 71.6 cm³/mol. The highest BCUT2D eigenvalue weighted by Crippen LogP contribution is 2.28. The van der Waals surface area contributed by atoms with Crippen LogP contribution in [0.15, 0.2) is 0 Å². The summed E-state index contributed by atoms with van der Waals surface area (Å²) in [5.41, 5.74) is 2.85. The maximum Gasteiger partial charge on any atom is 0.0641 e. The zero-order valence-corrected chi connectivity index (χ0v) is 11.2. The molecule has 1 rings (SSSR count). The highest BCUT2D eigenvalue weighted by atomic mass is 32.2. The van der Waals surface area contributed by atoms with Crippen molar-refractivity contribution < 1.29 is 4.74 Å². The molecule has 0 spiro atoms. The van der Waals surface area contributed by atoms with Gasteiger partial charge in [-0.3, -0.25) is 11.3 Å². The zero-order chi connectivity index (χ0) is 11.6. The molecule has 96 valence electrons. The lowest BCUT2D eigenvalue weighted by atomic mass is 10.0. The molecule has 0 aromatic carbocycles. The number of ether oxygens (including phenoxy) is 1. The van der Waals surface area contributed by atoms with Crippen LogP contribution >= 0.6 is 11.8 Å². The summed E-state index contributed by atoms with van der Waals surface area (Å²) in [6.07, 6.45) is 8.09. The summed E-state index contributed by atoms with van der Waals surface area (Å²) >= 11 is 2.07. The Hall–Kier alpha value is 0.230. The number of nitrogens with one attached hydrogen (secondary N) is 1. The number of rotatable bonds is 8. The fourth-order valence-corrected chi connectivity index (χ4v) is 3.36. The van der Waals surface area contributed by atoms with Crippen molar-refractivity contribution >= 4 is 11.8 Å². The van der Waals surface area contributed by atoms with Gasteiger partial charge in [0.15, 0.2) is 0 Å². The van der Waals surface area contributed by atoms with E-state index >= 15 is 0 Å². The van der Waals surface area contributed by atoms with Crippen LogP contribution in [0.25, 0.3) is 0 Å². The molecule has 0 amide bonds. The first kappa shape index (κ1) is 14.3. The summed E-state index contributed by atoms with van der Waals surface area (Å²) in [7, 11) is 0. The maximum absolute atomic E-state index is 5.53. The van der Waals surface area contributed by atoms with Crippen LogP contribution in [-0.2, 0) is 4.74 Å². The zero-order valence-electron chi connectivity index (χ0n) is 10.4. The number of hydrogen-bond donors (Lipinski definition) is 2. The first-order valence-corrected chi connectivity index (χ1v) is 7.57. The number of hydrogen-bond acceptors (Lipinski definition) is 4. The van der Waals surface area contributed by atoms with Gasteiger partial charge >= 0.3 is 0 Å². The molecule has 0 aromatic rings. The van der Waals surface area contributed by atoms with Crippen LogP contribution in [-0.4, -0.2) is 30.3 Å². The second kappa shape index (κ2) is 9.28. The molecule has 0 bridgehead atoms. The van der Waals surface area contributed by atoms with Crippen molar-refractivity contribution in [1.82, 2.24) is 5.43 Å². The Bertz CT molecular complexity index is 163. The van der Waals surface area contributed by atoms with Crippen molar-refractivity contribution in [3.8, 4) is 0 Å². The van der Waals surface area contributed by atoms with Gasteiger partial charge in [-0.25, -0.2) is 0 Å². The van der Waals surface area contributed by atoms with Gasteiger partial charge in [0.25, 0.3) is 0 Å². The molecule has 3 N–H and O–H groups in total. The third-order valence-electron chi connectivity index (χ3n) is 2.99. The van der Waals surface area contributed by atoms with Gasteiger partial charge in [-0.05, 0) is 19.3 Å². The Labute approximate surface area is 104 Å². The maximum atomic E-state index is 5.53. The second-order valence-corrected chi connectivity index (χ2v) is 5.87. The SMILES string of the molecule is CCCOCC(CSC1CCCCC1)NN. The largest absolute Gasteiger partial charge is 0.380 e. The van der Waals surface area contributed by atoms with E-state index in [1.54, 1.807) is 0 Å². The predicted octanol–water partition coefficient (Wildman–Crippen LogP) is 2.31. The van der Waals surface area contributed by atoms with E-state index in [-0.39, 0.29) is 0 Å². The molecule has 0 radical (unpaired) electrons. The minimum absolute atomic E-state index is 0.304. The molecule has 0 aliphatic heterocycles. The smallest absolute Gasteiger partial charge is 0.0641 e. The van der Waals surface area contributed by atoms with Crippen LogP contribution in [0.1, 0.15) is 45.4 Å². The van der Waals surface area contributed by atoms with Gasteiger partial charge in [0.2, 0.25) is 0 Å². The van der Waals surface area contributed by atoms with Crippen molar-refractivity contribution in [2.24, 2.45) is 5.84 Å². The van der Waals surface area contributed by atoms with E-state index in [4.69, 9.17) is 10.6 Å². The summed E-state index contributed by atoms with van der Waals surface area (Å²) in [4.78, 5) is 0. The average molecular weight is 246 g/mol. The number of thioether (sulfide) groups is 1. The molecule has 1 aliphatic rings. The molecular weight excluding hydrogens is 220 g/mol. The molecule has 16 heavy (non-hydrogen) atoms. The van der Waals surface area contributed by atoms with Crippen molar-refractivity contribution in [2.75, 3.05) is 19.0 Å². The molecule has 1 fully saturated rings. The molecular formula is C12H26N2OS. The number of nitrogens with two attached hydrogens (primary N) is 1. The van der Waals surface area contributed by atoms with Crippen molar-refractivity contribution in [3.63, 3.8) is 0 Å². The van der Waals surface area contributed by atoms with Gasteiger partial charge in [0.05, 0.1) is 12.6 Å². The lowest BCUT2D eigenvalue weighted by Crippen LogP contribution is -2.41. The molecule has 1 unspecified atom stereocenters. The fourth-order valence-electron chi connectivity index (χ4n) is 2.00. The van der Waals surface area contributed by atoms with E-state index in [2.05, 4.69) is 24.1 Å². The Morgan fingerprint density at radius 3 is 2.75 bits per heavy atom. The standard InChI is InChI=1S/C12H26N2OS/c1-2-8-15-9-11(14-13)10-16-12-6-4-3-5-7-12/h11-12,14H,2-10,13H2,1H3. The molecule has 0 heterocycles. The van der Waals surface area contributed by atoms with Crippen LogP contribution in [0, 0.1) is 0 Å². The van der Waals surface area contributed by atoms with Crippen LogP contribution < -0.4 is 11.3 Å². The van der Waals surface area contributed by atoms with Crippen molar-refractivity contribution in [1.29, 1.82) is 0 Å². The summed E-state index contributed by atoms with van der Waals surface area (Å²) in [5.74, 6) is 6.60. The van der Waals surface area contributed by atoms with Crippen LogP contribution in [0.3, 0.4) is 0 Å². The normalized spacial score (nSPS) is 19.9. The topological polar surface area (TPSA) is 47.3 Å². The minimum atomic E-state index is 0.304. The van der Waals surface area contributed by atoms with E-state index in [1.165, 1.54) is 32.1 Å². The highest BCUT2D eigenvalue weighted by molar-refractivity contribution is 7.99. The summed E-state index contributed by atoms with van der Waals surface area (Å²) in [5, 5.41) is 0.857. The third kappa shape index (κ3) is 6.09. The Morgan fingerprint density at radius 1 is 1.38 bits per heavy atom. The lowest BCUT2D eigenvalue weighted by molar-refractivity contribution is 0.117. The molecule has 4 heteroatoms. The Kier molecular flexibility index (Phi) is 8.29. The van der Waals surface area contributed by atoms with Gasteiger partial charge in [-0.2, -0.15) is 11.8 Å². The minimum Gasteiger partial charge on any atom is -0.380 e. The van der Waals surface area contributed by atoms with E-state index in [9.17, 15) is 0 Å². The van der Waals surface area contributed by atoms with Crippen LogP contribution in [0.4, 0.5) is 0 Å². The molecule has 3 nitrogen and oxygen atoms in total. The Balaban J connectivity index is 2.07. The van der Waals surface area contributed by atoms with Gasteiger partial charge in [0, 0.05) is 17.6 Å². The molecule has 1 atom stereocenters. The van der Waals surface area contributed by atoms with Gasteiger partial charge < -0.3 is 4.74 Å². The average Bonchev–Trinajstić information content (AvgIpc) is 2.35. The fraction of sp³-hybridized carbons (Fsp3) is 1.00. The summed E-state index contributed by atoms with van der Waals surface area (Å²) in [6.45, 7) is 3.71. The van der Waals surface area contributed by atoms with E-state index in [0.29, 0.717) is 6.04 Å². The van der Waals surface area contributed by atoms with Crippen LogP contribution in [0.5, 0.6) is 0 Å². The van der Waals surface area contributed by atoms with Gasteiger partial charge in [-0.15, -0.1) is 0 Å². The van der Waals surface area contributed by atoms with Gasteiger partial charge in [-0.1, -0.05) is 26.2 Å². The quantitative estimate of drug-likeness (QED) is 0.392. The second-order valence-electron chi connectivity index (χ2n) is 4.53. The van der Waals surface area contributed by atoms with Gasteiger partial charge in [0.1, 0.15) is 0 Å². The van der Waals surface area contributed by atoms with E-state index in [0.717, 1.165) is 30.6 Å². The summed E-state index contributed by atoms with van der Waals surface area (Å²) < 4.78 is 5.52. The number of hydrazine groups is 1. The van der Waals surface area contributed by atoms with Crippen molar-refractivity contribution in [2.45, 2.75) is 56.7 Å². The highest BCUT2D eigenvalue weighted by Gasteiger charge is 2.16. The summed E-state index contributed by atoms with van der Waals surface area (Å²) in [6, 6.07) is 0.304. The van der Waals surface area contributed by atoms with Crippen molar-refractivity contribution in [3.05, 3.63) is 0 Å². The first-order chi connectivity index (χ1) is 7.86. The molecule has 1 aliphatic carbocycles. The van der Waals surface area contributed by atoms with E-state index in [1.807, 2.05) is 0 Å². The molecule has 1 saturated carbocycles.